The van der Waals surface area contributed by atoms with E-state index >= 15 is 0 Å². The minimum Gasteiger partial charge on any atom is -0.350 e. The Bertz CT molecular complexity index is 1140. The number of nitriles is 1. The summed E-state index contributed by atoms with van der Waals surface area (Å²) >= 11 is 0. The maximum Gasteiger partial charge on any atom is 0.246 e. The first kappa shape index (κ1) is 28.8. The van der Waals surface area contributed by atoms with Crippen molar-refractivity contribution in [1.29, 1.82) is 5.26 Å². The molecule has 2 saturated carbocycles. The molecule has 0 aromatic heterocycles. The number of carbonyl (C=O) groups excluding carboxylic acids is 4. The van der Waals surface area contributed by atoms with Gasteiger partial charge in [-0.1, -0.05) is 48.5 Å². The number of amides is 4. The van der Waals surface area contributed by atoms with Gasteiger partial charge in [0, 0.05) is 31.1 Å². The van der Waals surface area contributed by atoms with E-state index in [1.807, 2.05) is 20.8 Å². The lowest BCUT2D eigenvalue weighted by Gasteiger charge is -2.45. The SMILES string of the molecule is CC1(C)CN(CC(=O)N[C@H](C(=O)N2CC3C(C2C(=O)N[C@H](C#N)C[C@@H]2CC4(CC4)NC2=O)C3(C)C)C(C)(C)C)C1. The van der Waals surface area contributed by atoms with Crippen LogP contribution in [0.1, 0.15) is 74.1 Å². The van der Waals surface area contributed by atoms with Crippen LogP contribution in [-0.2, 0) is 19.2 Å². The summed E-state index contributed by atoms with van der Waals surface area (Å²) in [6, 6.07) is -0.133. The fourth-order valence-electron chi connectivity index (χ4n) is 7.65. The van der Waals surface area contributed by atoms with Gasteiger partial charge in [-0.05, 0) is 53.8 Å². The largest absolute Gasteiger partial charge is 0.350 e. The highest BCUT2D eigenvalue weighted by atomic mass is 16.2. The van der Waals surface area contributed by atoms with Crippen LogP contribution in [0.3, 0.4) is 0 Å². The Labute approximate surface area is 238 Å². The molecule has 2 aliphatic carbocycles. The van der Waals surface area contributed by atoms with Gasteiger partial charge in [-0.25, -0.2) is 0 Å². The third-order valence-electron chi connectivity index (χ3n) is 10.1. The lowest BCUT2D eigenvalue weighted by molar-refractivity contribution is -0.146. The van der Waals surface area contributed by atoms with Crippen molar-refractivity contribution in [2.24, 2.45) is 34.0 Å². The quantitative estimate of drug-likeness (QED) is 0.415. The van der Waals surface area contributed by atoms with Gasteiger partial charge >= 0.3 is 0 Å². The van der Waals surface area contributed by atoms with Crippen molar-refractivity contribution in [3.63, 3.8) is 0 Å². The van der Waals surface area contributed by atoms with E-state index in [0.717, 1.165) is 25.9 Å². The first-order chi connectivity index (χ1) is 18.5. The van der Waals surface area contributed by atoms with Gasteiger partial charge in [0.05, 0.1) is 12.6 Å². The second kappa shape index (κ2) is 9.43. The average molecular weight is 555 g/mol. The van der Waals surface area contributed by atoms with Crippen molar-refractivity contribution in [3.05, 3.63) is 0 Å². The van der Waals surface area contributed by atoms with Gasteiger partial charge in [-0.15, -0.1) is 0 Å². The maximum absolute atomic E-state index is 14.0. The topological polar surface area (TPSA) is 135 Å². The van der Waals surface area contributed by atoms with Gasteiger partial charge in [0.2, 0.25) is 23.6 Å². The molecule has 5 rings (SSSR count). The van der Waals surface area contributed by atoms with Crippen LogP contribution < -0.4 is 16.0 Å². The van der Waals surface area contributed by atoms with Gasteiger partial charge in [0.15, 0.2) is 0 Å². The van der Waals surface area contributed by atoms with E-state index in [4.69, 9.17) is 0 Å². The van der Waals surface area contributed by atoms with Crippen LogP contribution >= 0.6 is 0 Å². The highest BCUT2D eigenvalue weighted by molar-refractivity contribution is 5.94. The van der Waals surface area contributed by atoms with E-state index in [9.17, 15) is 24.4 Å². The summed E-state index contributed by atoms with van der Waals surface area (Å²) in [6.45, 7) is 16.7. The molecular formula is C30H46N6O4. The van der Waals surface area contributed by atoms with Gasteiger partial charge in [-0.3, -0.25) is 24.1 Å². The van der Waals surface area contributed by atoms with E-state index in [1.165, 1.54) is 0 Å². The molecule has 5 fully saturated rings. The predicted octanol–water partition coefficient (Wildman–Crippen LogP) is 1.41. The van der Waals surface area contributed by atoms with Crippen LogP contribution in [0, 0.1) is 45.3 Å². The Morgan fingerprint density at radius 1 is 1.12 bits per heavy atom. The molecule has 3 unspecified atom stereocenters. The monoisotopic (exact) mass is 554 g/mol. The van der Waals surface area contributed by atoms with E-state index in [2.05, 4.69) is 54.6 Å². The number of piperidine rings is 1. The molecule has 4 amide bonds. The van der Waals surface area contributed by atoms with Gasteiger partial charge in [-0.2, -0.15) is 5.26 Å². The summed E-state index contributed by atoms with van der Waals surface area (Å²) in [5.74, 6) is -0.966. The summed E-state index contributed by atoms with van der Waals surface area (Å²) in [5.41, 5.74) is -0.543. The molecule has 3 aliphatic heterocycles. The number of nitrogens with zero attached hydrogens (tertiary/aromatic N) is 3. The van der Waals surface area contributed by atoms with E-state index in [1.54, 1.807) is 4.90 Å². The lowest BCUT2D eigenvalue weighted by atomic mass is 9.84. The van der Waals surface area contributed by atoms with E-state index < -0.39 is 23.5 Å². The maximum atomic E-state index is 14.0. The van der Waals surface area contributed by atoms with Gasteiger partial charge in [0.1, 0.15) is 18.1 Å². The molecule has 220 valence electrons. The van der Waals surface area contributed by atoms with Crippen LogP contribution in [0.2, 0.25) is 0 Å². The smallest absolute Gasteiger partial charge is 0.246 e. The summed E-state index contributed by atoms with van der Waals surface area (Å²) < 4.78 is 0. The predicted molar refractivity (Wildman–Crippen MR) is 148 cm³/mol. The molecule has 0 radical (unpaired) electrons. The lowest BCUT2D eigenvalue weighted by Crippen LogP contribution is -2.61. The van der Waals surface area contributed by atoms with Crippen molar-refractivity contribution in [1.82, 2.24) is 25.8 Å². The number of fused-ring (bicyclic) bond motifs is 1. The zero-order valence-electron chi connectivity index (χ0n) is 25.1. The third kappa shape index (κ3) is 5.34. The minimum atomic E-state index is -0.811. The van der Waals surface area contributed by atoms with Crippen molar-refractivity contribution in [3.8, 4) is 6.07 Å². The molecule has 3 saturated heterocycles. The standard InChI is InChI=1S/C30H46N6O4/c1-27(2,3)23(33-20(37)14-35-15-28(4,5)16-35)26(40)36-13-19-21(29(19,6)7)22(36)25(39)32-18(12-31)10-17-11-30(8-9-30)34-24(17)38/h17-19,21-23H,8-11,13-16H2,1-7H3,(H,32,39)(H,33,37)(H,34,38)/t17-,18+,19?,21?,22?,23-/m1/s1. The van der Waals surface area contributed by atoms with Crippen LogP contribution in [0.5, 0.6) is 0 Å². The van der Waals surface area contributed by atoms with Crippen molar-refractivity contribution >= 4 is 23.6 Å². The fourth-order valence-corrected chi connectivity index (χ4v) is 7.65. The zero-order chi connectivity index (χ0) is 29.4. The molecule has 3 N–H and O–H groups in total. The molecule has 1 spiro atoms. The Morgan fingerprint density at radius 3 is 2.30 bits per heavy atom. The first-order valence-corrected chi connectivity index (χ1v) is 14.8. The highest BCUT2D eigenvalue weighted by Crippen LogP contribution is 2.65. The zero-order valence-corrected chi connectivity index (χ0v) is 25.1. The van der Waals surface area contributed by atoms with Crippen LogP contribution in [0.15, 0.2) is 0 Å². The van der Waals surface area contributed by atoms with Crippen LogP contribution in [0.25, 0.3) is 0 Å². The number of likely N-dealkylation sites (tertiary alicyclic amines) is 2. The Morgan fingerprint density at radius 2 is 1.77 bits per heavy atom. The minimum absolute atomic E-state index is 0.0139. The number of rotatable bonds is 8. The Hall–Kier alpha value is -2.67. The molecule has 40 heavy (non-hydrogen) atoms. The molecule has 0 bridgehead atoms. The molecule has 0 aromatic carbocycles. The fraction of sp³-hybridized carbons (Fsp3) is 0.833. The number of hydrogen-bond acceptors (Lipinski definition) is 6. The molecule has 0 aromatic rings. The van der Waals surface area contributed by atoms with E-state index in [-0.39, 0.29) is 70.7 Å². The normalized spacial score (nSPS) is 32.2. The number of hydrogen-bond donors (Lipinski definition) is 3. The van der Waals surface area contributed by atoms with Crippen LogP contribution in [-0.4, -0.2) is 83.3 Å². The van der Waals surface area contributed by atoms with E-state index in [0.29, 0.717) is 13.0 Å². The van der Waals surface area contributed by atoms with Crippen LogP contribution in [0.4, 0.5) is 0 Å². The van der Waals surface area contributed by atoms with Gasteiger partial charge in [0.25, 0.3) is 0 Å². The Balaban J connectivity index is 1.27. The number of nitrogens with one attached hydrogen (secondary N) is 3. The molecule has 10 heteroatoms. The highest BCUT2D eigenvalue weighted by Gasteiger charge is 2.70. The van der Waals surface area contributed by atoms with Gasteiger partial charge < -0.3 is 20.9 Å². The second-order valence-electron chi connectivity index (χ2n) is 15.7. The molecule has 10 nitrogen and oxygen atoms in total. The molecular weight excluding hydrogens is 508 g/mol. The first-order valence-electron chi connectivity index (χ1n) is 14.8. The second-order valence-corrected chi connectivity index (χ2v) is 15.7. The summed E-state index contributed by atoms with van der Waals surface area (Å²) in [6.07, 6.45) is 2.91. The van der Waals surface area contributed by atoms with Crippen molar-refractivity contribution < 1.29 is 19.2 Å². The summed E-state index contributed by atoms with van der Waals surface area (Å²) in [4.78, 5) is 56.9. The summed E-state index contributed by atoms with van der Waals surface area (Å²) in [7, 11) is 0. The molecule has 3 heterocycles. The molecule has 6 atom stereocenters. The molecule has 5 aliphatic rings. The van der Waals surface area contributed by atoms with Crippen molar-refractivity contribution in [2.75, 3.05) is 26.2 Å². The van der Waals surface area contributed by atoms with Crippen molar-refractivity contribution in [2.45, 2.75) is 97.8 Å². The number of carbonyl (C=O) groups is 4. The summed E-state index contributed by atoms with van der Waals surface area (Å²) in [5, 5.41) is 18.8. The third-order valence-corrected chi connectivity index (χ3v) is 10.1. The average Bonchev–Trinajstić information content (AvgIpc) is 3.53. The Kier molecular flexibility index (Phi) is 6.80.